The number of fused-ring (bicyclic) bond motifs is 1. The lowest BCUT2D eigenvalue weighted by Crippen LogP contribution is -2.38. The van der Waals surface area contributed by atoms with Gasteiger partial charge in [0.1, 0.15) is 6.61 Å². The molecule has 1 amide bonds. The fourth-order valence-corrected chi connectivity index (χ4v) is 5.64. The molecule has 0 aromatic heterocycles. The Morgan fingerprint density at radius 2 is 1.92 bits per heavy atom. The molecule has 3 aliphatic rings. The molecule has 0 radical (unpaired) electrons. The van der Waals surface area contributed by atoms with E-state index in [9.17, 15) is 9.59 Å². The Morgan fingerprint density at radius 1 is 1.13 bits per heavy atom. The van der Waals surface area contributed by atoms with Gasteiger partial charge in [0.25, 0.3) is 0 Å². The van der Waals surface area contributed by atoms with Gasteiger partial charge in [-0.05, 0) is 61.3 Å². The number of carbonyl (C=O) groups excluding carboxylic acids is 2. The molecule has 0 saturated heterocycles. The molecule has 39 heavy (non-hydrogen) atoms. The molecule has 0 unspecified atom stereocenters. The zero-order valence-electron chi connectivity index (χ0n) is 22.4. The molecule has 1 saturated carbocycles. The summed E-state index contributed by atoms with van der Waals surface area (Å²) in [7, 11) is 1.59. The zero-order valence-corrected chi connectivity index (χ0v) is 23.3. The van der Waals surface area contributed by atoms with Gasteiger partial charge in [-0.25, -0.2) is 9.79 Å². The minimum atomic E-state index is -0.536. The fraction of sp³-hybridized carbons (Fsp3) is 0.367. The molecule has 1 atom stereocenters. The summed E-state index contributed by atoms with van der Waals surface area (Å²) in [6, 6.07) is 15.0. The summed E-state index contributed by atoms with van der Waals surface area (Å²) in [6.07, 6.45) is 2.53. The van der Waals surface area contributed by atoms with Gasteiger partial charge in [-0.1, -0.05) is 48.2 Å². The molecule has 2 aliphatic heterocycles. The molecule has 0 spiro atoms. The summed E-state index contributed by atoms with van der Waals surface area (Å²) in [5, 5.41) is 5.71. The van der Waals surface area contributed by atoms with E-state index in [2.05, 4.69) is 5.32 Å². The van der Waals surface area contributed by atoms with E-state index >= 15 is 0 Å². The summed E-state index contributed by atoms with van der Waals surface area (Å²) in [5.74, 6) is 1.27. The van der Waals surface area contributed by atoms with Crippen LogP contribution in [0.4, 0.5) is 0 Å². The van der Waals surface area contributed by atoms with Crippen LogP contribution in [-0.2, 0) is 20.9 Å². The van der Waals surface area contributed by atoms with Crippen LogP contribution < -0.4 is 14.8 Å². The van der Waals surface area contributed by atoms with Crippen LogP contribution in [0, 0.1) is 5.92 Å². The van der Waals surface area contributed by atoms with Gasteiger partial charge in [0, 0.05) is 12.2 Å². The summed E-state index contributed by atoms with van der Waals surface area (Å²) in [6.45, 7) is 4.95. The maximum Gasteiger partial charge on any atom is 0.338 e. The monoisotopic (exact) mass is 547 g/mol. The lowest BCUT2D eigenvalue weighted by Gasteiger charge is -2.36. The molecule has 9 heteroatoms. The first-order chi connectivity index (χ1) is 19.0. The number of ether oxygens (including phenoxy) is 3. The van der Waals surface area contributed by atoms with Gasteiger partial charge in [0.15, 0.2) is 16.7 Å². The second kappa shape index (κ2) is 12.0. The predicted octanol–water partition coefficient (Wildman–Crippen LogP) is 5.33. The topological polar surface area (TPSA) is 89.5 Å². The molecule has 1 N–H and O–H groups in total. The second-order valence-corrected chi connectivity index (χ2v) is 10.6. The van der Waals surface area contributed by atoms with Crippen molar-refractivity contribution in [3.63, 3.8) is 0 Å². The largest absolute Gasteiger partial charge is 0.493 e. The van der Waals surface area contributed by atoms with E-state index in [0.717, 1.165) is 22.0 Å². The maximum absolute atomic E-state index is 13.2. The van der Waals surface area contributed by atoms with Crippen molar-refractivity contribution in [2.24, 2.45) is 10.9 Å². The standard InChI is InChI=1S/C30H33N3O5S/c1-4-37-29(35)27-19(2)32-30-33(23(18-39-30)15-26(34)31-16-20-10-11-20)28(27)22-12-13-24(25(14-22)36-3)38-17-21-8-6-5-7-9-21/h5-9,12-14,18,20,28H,4,10-11,15-17H2,1-3H3,(H,31,34)/t28-/m1/s1. The third-order valence-corrected chi connectivity index (χ3v) is 7.75. The van der Waals surface area contributed by atoms with Crippen LogP contribution >= 0.6 is 11.8 Å². The average Bonchev–Trinajstić information content (AvgIpc) is 3.70. The molecular formula is C30H33N3O5S. The molecule has 1 fully saturated rings. The molecule has 5 rings (SSSR count). The number of amides is 1. The highest BCUT2D eigenvalue weighted by Gasteiger charge is 2.41. The van der Waals surface area contributed by atoms with Crippen LogP contribution in [0.5, 0.6) is 11.5 Å². The van der Waals surface area contributed by atoms with Gasteiger partial charge in [-0.15, -0.1) is 0 Å². The Hall–Kier alpha value is -3.72. The maximum atomic E-state index is 13.2. The lowest BCUT2D eigenvalue weighted by molar-refractivity contribution is -0.139. The number of aliphatic imine (C=N–C) groups is 1. The smallest absolute Gasteiger partial charge is 0.338 e. The molecule has 1 aliphatic carbocycles. The summed E-state index contributed by atoms with van der Waals surface area (Å²) < 4.78 is 17.2. The van der Waals surface area contributed by atoms with Gasteiger partial charge in [-0.3, -0.25) is 4.79 Å². The average molecular weight is 548 g/mol. The molecule has 2 heterocycles. The molecule has 8 nitrogen and oxygen atoms in total. The van der Waals surface area contributed by atoms with E-state index < -0.39 is 12.0 Å². The molecule has 204 valence electrons. The predicted molar refractivity (Wildman–Crippen MR) is 151 cm³/mol. The van der Waals surface area contributed by atoms with E-state index in [1.807, 2.05) is 65.8 Å². The quantitative estimate of drug-likeness (QED) is 0.381. The number of carbonyl (C=O) groups is 2. The van der Waals surface area contributed by atoms with E-state index in [1.165, 1.54) is 24.6 Å². The number of thioether (sulfide) groups is 1. The normalized spacial score (nSPS) is 18.2. The van der Waals surface area contributed by atoms with E-state index in [0.29, 0.717) is 41.8 Å². The Labute approximate surface area is 233 Å². The Morgan fingerprint density at radius 3 is 2.64 bits per heavy atom. The highest BCUT2D eigenvalue weighted by atomic mass is 32.2. The third kappa shape index (κ3) is 6.14. The third-order valence-electron chi connectivity index (χ3n) is 6.86. The molecule has 0 bridgehead atoms. The van der Waals surface area contributed by atoms with Gasteiger partial charge >= 0.3 is 5.97 Å². The Balaban J connectivity index is 1.45. The first-order valence-electron chi connectivity index (χ1n) is 13.2. The highest BCUT2D eigenvalue weighted by Crippen LogP contribution is 2.46. The van der Waals surface area contributed by atoms with E-state index in [4.69, 9.17) is 19.2 Å². The number of hydrogen-bond donors (Lipinski definition) is 1. The first-order valence-corrected chi connectivity index (χ1v) is 14.1. The number of hydrogen-bond acceptors (Lipinski definition) is 8. The molecule has 2 aromatic carbocycles. The Bertz CT molecular complexity index is 1330. The number of benzene rings is 2. The number of nitrogens with zero attached hydrogens (tertiary/aromatic N) is 2. The number of nitrogens with one attached hydrogen (secondary N) is 1. The van der Waals surface area contributed by atoms with Crippen molar-refractivity contribution in [3.05, 3.63) is 82.0 Å². The second-order valence-electron chi connectivity index (χ2n) is 9.72. The van der Waals surface area contributed by atoms with Crippen LogP contribution in [0.25, 0.3) is 0 Å². The summed E-state index contributed by atoms with van der Waals surface area (Å²) >= 11 is 1.45. The molecule has 2 aromatic rings. The zero-order chi connectivity index (χ0) is 27.4. The van der Waals surface area contributed by atoms with Crippen molar-refractivity contribution < 1.29 is 23.8 Å². The van der Waals surface area contributed by atoms with Gasteiger partial charge in [0.2, 0.25) is 5.91 Å². The van der Waals surface area contributed by atoms with Crippen molar-refractivity contribution in [3.8, 4) is 11.5 Å². The number of allylic oxidation sites excluding steroid dienone is 1. The number of esters is 1. The number of rotatable bonds is 11. The number of amidine groups is 1. The fourth-order valence-electron chi connectivity index (χ4n) is 4.67. The van der Waals surface area contributed by atoms with Crippen molar-refractivity contribution in [2.45, 2.75) is 45.8 Å². The van der Waals surface area contributed by atoms with Crippen LogP contribution in [0.1, 0.15) is 50.3 Å². The SMILES string of the molecule is CCOC(=O)C1=C(C)N=C2SC=C(CC(=O)NCC3CC3)N2[C@@H]1c1ccc(OCc2ccccc2)c(OC)c1. The van der Waals surface area contributed by atoms with Crippen LogP contribution in [-0.4, -0.2) is 42.2 Å². The van der Waals surface area contributed by atoms with Crippen molar-refractivity contribution in [1.82, 2.24) is 10.2 Å². The van der Waals surface area contributed by atoms with Crippen molar-refractivity contribution >= 4 is 28.8 Å². The molecular weight excluding hydrogens is 514 g/mol. The van der Waals surface area contributed by atoms with Crippen molar-refractivity contribution in [1.29, 1.82) is 0 Å². The van der Waals surface area contributed by atoms with Gasteiger partial charge < -0.3 is 24.4 Å². The summed E-state index contributed by atoms with van der Waals surface area (Å²) in [5.41, 5.74) is 3.67. The van der Waals surface area contributed by atoms with E-state index in [-0.39, 0.29) is 18.9 Å². The lowest BCUT2D eigenvalue weighted by atomic mass is 9.93. The van der Waals surface area contributed by atoms with Crippen LogP contribution in [0.3, 0.4) is 0 Å². The summed E-state index contributed by atoms with van der Waals surface area (Å²) in [4.78, 5) is 32.7. The van der Waals surface area contributed by atoms with E-state index in [1.54, 1.807) is 14.0 Å². The van der Waals surface area contributed by atoms with Gasteiger partial charge in [0.05, 0.1) is 37.4 Å². The Kier molecular flexibility index (Phi) is 8.26. The van der Waals surface area contributed by atoms with Crippen molar-refractivity contribution in [2.75, 3.05) is 20.3 Å². The highest BCUT2D eigenvalue weighted by molar-refractivity contribution is 8.16. The minimum Gasteiger partial charge on any atom is -0.493 e. The van der Waals surface area contributed by atoms with Crippen LogP contribution in [0.2, 0.25) is 0 Å². The van der Waals surface area contributed by atoms with Crippen LogP contribution in [0.15, 0.2) is 75.9 Å². The number of methoxy groups -OCH3 is 1. The minimum absolute atomic E-state index is 0.0417. The van der Waals surface area contributed by atoms with Gasteiger partial charge in [-0.2, -0.15) is 0 Å². The first kappa shape index (κ1) is 26.9.